The second kappa shape index (κ2) is 7.36. The molecule has 102 valence electrons. The molecular weight excluding hydrogens is 240 g/mol. The molecule has 0 fully saturated rings. The molecule has 1 rings (SSSR count). The minimum Gasteiger partial charge on any atom is -0.348 e. The molecule has 2 N–H and O–H groups in total. The highest BCUT2D eigenvalue weighted by molar-refractivity contribution is 6.01. The minimum absolute atomic E-state index is 0.0698. The van der Waals surface area contributed by atoms with Crippen molar-refractivity contribution in [3.05, 3.63) is 41.6 Å². The van der Waals surface area contributed by atoms with Crippen LogP contribution in [0.25, 0.3) is 6.08 Å². The summed E-state index contributed by atoms with van der Waals surface area (Å²) in [5.74, 6) is -0.533. The molecule has 2 amide bonds. The van der Waals surface area contributed by atoms with Gasteiger partial charge >= 0.3 is 0 Å². The predicted molar refractivity (Wildman–Crippen MR) is 76.1 cm³/mol. The number of amides is 2. The summed E-state index contributed by atoms with van der Waals surface area (Å²) < 4.78 is 0. The summed E-state index contributed by atoms with van der Waals surface area (Å²) in [6.07, 6.45) is 2.50. The summed E-state index contributed by atoms with van der Waals surface area (Å²) >= 11 is 0. The average molecular weight is 260 g/mol. The molecule has 1 aromatic rings. The first-order valence-corrected chi connectivity index (χ1v) is 6.38. The number of carbonyl (C=O) groups is 2. The topological polar surface area (TPSA) is 58.2 Å². The highest BCUT2D eigenvalue weighted by Gasteiger charge is 2.12. The largest absolute Gasteiger partial charge is 0.348 e. The van der Waals surface area contributed by atoms with Crippen molar-refractivity contribution in [2.45, 2.75) is 33.2 Å². The lowest BCUT2D eigenvalue weighted by Crippen LogP contribution is -2.38. The lowest BCUT2D eigenvalue weighted by atomic mass is 10.1. The molecule has 4 heteroatoms. The van der Waals surface area contributed by atoms with Crippen molar-refractivity contribution >= 4 is 17.9 Å². The van der Waals surface area contributed by atoms with Gasteiger partial charge in [0, 0.05) is 13.0 Å². The summed E-state index contributed by atoms with van der Waals surface area (Å²) in [6, 6.07) is 9.47. The molecule has 0 radical (unpaired) electrons. The van der Waals surface area contributed by atoms with Crippen molar-refractivity contribution in [3.63, 3.8) is 0 Å². The van der Waals surface area contributed by atoms with Crippen molar-refractivity contribution in [1.82, 2.24) is 10.6 Å². The van der Waals surface area contributed by atoms with Crippen LogP contribution in [0.15, 0.2) is 36.0 Å². The maximum Gasteiger partial charge on any atom is 0.268 e. The van der Waals surface area contributed by atoms with Gasteiger partial charge in [-0.1, -0.05) is 37.3 Å². The Kier molecular flexibility index (Phi) is 5.79. The monoisotopic (exact) mass is 260 g/mol. The van der Waals surface area contributed by atoms with E-state index in [0.717, 1.165) is 12.0 Å². The number of hydrogen-bond acceptors (Lipinski definition) is 2. The first-order valence-electron chi connectivity index (χ1n) is 6.38. The Hall–Kier alpha value is -2.10. The van der Waals surface area contributed by atoms with Gasteiger partial charge in [0.15, 0.2) is 0 Å². The molecular formula is C15H20N2O2. The summed E-state index contributed by atoms with van der Waals surface area (Å²) in [5, 5.41) is 5.40. The Morgan fingerprint density at radius 2 is 1.89 bits per heavy atom. The quantitative estimate of drug-likeness (QED) is 0.796. The molecule has 0 saturated heterocycles. The Balaban J connectivity index is 2.91. The molecule has 0 aliphatic rings. The molecule has 0 aliphatic heterocycles. The first-order chi connectivity index (χ1) is 9.02. The van der Waals surface area contributed by atoms with Crippen LogP contribution in [0, 0.1) is 0 Å². The lowest BCUT2D eigenvalue weighted by molar-refractivity contribution is -0.122. The SMILES string of the molecule is CCC(C)NC(=O)/C(=C/c1ccccc1)NC(C)=O. The van der Waals surface area contributed by atoms with E-state index in [4.69, 9.17) is 0 Å². The van der Waals surface area contributed by atoms with Crippen molar-refractivity contribution in [3.8, 4) is 0 Å². The van der Waals surface area contributed by atoms with Gasteiger partial charge in [-0.15, -0.1) is 0 Å². The van der Waals surface area contributed by atoms with Crippen LogP contribution in [-0.2, 0) is 9.59 Å². The van der Waals surface area contributed by atoms with Gasteiger partial charge in [0.05, 0.1) is 0 Å². The standard InChI is InChI=1S/C15H20N2O2/c1-4-11(2)16-15(19)14(17-12(3)18)10-13-8-6-5-7-9-13/h5-11H,4H2,1-3H3,(H,16,19)(H,17,18)/b14-10-. The molecule has 1 atom stereocenters. The van der Waals surface area contributed by atoms with E-state index in [1.54, 1.807) is 6.08 Å². The van der Waals surface area contributed by atoms with E-state index in [0.29, 0.717) is 0 Å². The number of carbonyl (C=O) groups excluding carboxylic acids is 2. The minimum atomic E-state index is -0.270. The number of rotatable bonds is 5. The van der Waals surface area contributed by atoms with Gasteiger partial charge in [-0.2, -0.15) is 0 Å². The summed E-state index contributed by atoms with van der Waals surface area (Å²) in [6.45, 7) is 5.30. The smallest absolute Gasteiger partial charge is 0.268 e. The molecule has 1 aromatic carbocycles. The van der Waals surface area contributed by atoms with E-state index in [1.165, 1.54) is 6.92 Å². The first kappa shape index (κ1) is 15.0. The molecule has 0 saturated carbocycles. The number of hydrogen-bond donors (Lipinski definition) is 2. The van der Waals surface area contributed by atoms with Gasteiger partial charge in [0.1, 0.15) is 5.70 Å². The van der Waals surface area contributed by atoms with Crippen LogP contribution < -0.4 is 10.6 Å². The fourth-order valence-electron chi connectivity index (χ4n) is 1.47. The van der Waals surface area contributed by atoms with Crippen LogP contribution >= 0.6 is 0 Å². The Labute approximate surface area is 113 Å². The fraction of sp³-hybridized carbons (Fsp3) is 0.333. The van der Waals surface area contributed by atoms with E-state index in [2.05, 4.69) is 10.6 Å². The normalized spacial score (nSPS) is 12.7. The highest BCUT2D eigenvalue weighted by atomic mass is 16.2. The van der Waals surface area contributed by atoms with Crippen LogP contribution in [-0.4, -0.2) is 17.9 Å². The third-order valence-electron chi connectivity index (χ3n) is 2.66. The zero-order chi connectivity index (χ0) is 14.3. The average Bonchev–Trinajstić information content (AvgIpc) is 2.38. The number of benzene rings is 1. The number of nitrogens with one attached hydrogen (secondary N) is 2. The zero-order valence-corrected chi connectivity index (χ0v) is 11.6. The van der Waals surface area contributed by atoms with Crippen LogP contribution in [0.3, 0.4) is 0 Å². The van der Waals surface area contributed by atoms with Crippen molar-refractivity contribution in [2.24, 2.45) is 0 Å². The van der Waals surface area contributed by atoms with Gasteiger partial charge < -0.3 is 10.6 Å². The second-order valence-corrected chi connectivity index (χ2v) is 4.43. The van der Waals surface area contributed by atoms with E-state index in [9.17, 15) is 9.59 Å². The maximum absolute atomic E-state index is 12.1. The predicted octanol–water partition coefficient (Wildman–Crippen LogP) is 2.08. The van der Waals surface area contributed by atoms with Gasteiger partial charge in [0.2, 0.25) is 5.91 Å². The summed E-state index contributed by atoms with van der Waals surface area (Å²) in [4.78, 5) is 23.2. The van der Waals surface area contributed by atoms with Gasteiger partial charge in [-0.25, -0.2) is 0 Å². The Morgan fingerprint density at radius 1 is 1.26 bits per heavy atom. The van der Waals surface area contributed by atoms with E-state index in [-0.39, 0.29) is 23.6 Å². The van der Waals surface area contributed by atoms with Gasteiger partial charge in [-0.3, -0.25) is 9.59 Å². The van der Waals surface area contributed by atoms with Crippen molar-refractivity contribution < 1.29 is 9.59 Å². The van der Waals surface area contributed by atoms with Crippen molar-refractivity contribution in [2.75, 3.05) is 0 Å². The molecule has 0 aliphatic carbocycles. The van der Waals surface area contributed by atoms with Crippen LogP contribution in [0.2, 0.25) is 0 Å². The van der Waals surface area contributed by atoms with Crippen LogP contribution in [0.4, 0.5) is 0 Å². The van der Waals surface area contributed by atoms with E-state index < -0.39 is 0 Å². The Bertz CT molecular complexity index is 466. The summed E-state index contributed by atoms with van der Waals surface area (Å²) in [5.41, 5.74) is 1.13. The molecule has 1 unspecified atom stereocenters. The zero-order valence-electron chi connectivity index (χ0n) is 11.6. The highest BCUT2D eigenvalue weighted by Crippen LogP contribution is 2.05. The van der Waals surface area contributed by atoms with Crippen molar-refractivity contribution in [1.29, 1.82) is 0 Å². The fourth-order valence-corrected chi connectivity index (χ4v) is 1.47. The molecule has 0 heterocycles. The van der Waals surface area contributed by atoms with E-state index >= 15 is 0 Å². The van der Waals surface area contributed by atoms with Crippen LogP contribution in [0.1, 0.15) is 32.8 Å². The molecule has 0 aromatic heterocycles. The molecule has 0 bridgehead atoms. The van der Waals surface area contributed by atoms with Gasteiger partial charge in [0.25, 0.3) is 5.91 Å². The lowest BCUT2D eigenvalue weighted by Gasteiger charge is -2.14. The van der Waals surface area contributed by atoms with Gasteiger partial charge in [-0.05, 0) is 25.0 Å². The molecule has 4 nitrogen and oxygen atoms in total. The Morgan fingerprint density at radius 3 is 2.42 bits per heavy atom. The molecule has 0 spiro atoms. The third kappa shape index (κ3) is 5.38. The molecule has 19 heavy (non-hydrogen) atoms. The maximum atomic E-state index is 12.1. The van der Waals surface area contributed by atoms with Crippen LogP contribution in [0.5, 0.6) is 0 Å². The van der Waals surface area contributed by atoms with E-state index in [1.807, 2.05) is 44.2 Å². The summed E-state index contributed by atoms with van der Waals surface area (Å²) in [7, 11) is 0. The third-order valence-corrected chi connectivity index (χ3v) is 2.66. The second-order valence-electron chi connectivity index (χ2n) is 4.43.